The number of nitrogens with one attached hydrogen (secondary N) is 1. The zero-order chi connectivity index (χ0) is 24.6. The molecular formula is C32H22N4O. The second-order valence-corrected chi connectivity index (χ2v) is 8.97. The fraction of sp³-hybridized carbons (Fsp3) is 0.0312. The van der Waals surface area contributed by atoms with E-state index in [9.17, 15) is 0 Å². The SMILES string of the molecule is c1ccc(-c2nc(-c3ccccc3)nc(-c3ccc4ccc5c(c4c3)OC(c3ccccc3)N5)n2)cc1. The van der Waals surface area contributed by atoms with Gasteiger partial charge in [0.25, 0.3) is 0 Å². The van der Waals surface area contributed by atoms with E-state index in [2.05, 4.69) is 47.8 Å². The highest BCUT2D eigenvalue weighted by Gasteiger charge is 2.25. The minimum absolute atomic E-state index is 0.225. The lowest BCUT2D eigenvalue weighted by Gasteiger charge is -2.12. The summed E-state index contributed by atoms with van der Waals surface area (Å²) >= 11 is 0. The highest BCUT2D eigenvalue weighted by Crippen LogP contribution is 2.44. The maximum Gasteiger partial charge on any atom is 0.196 e. The third kappa shape index (κ3) is 3.96. The number of benzene rings is 5. The maximum atomic E-state index is 6.42. The van der Waals surface area contributed by atoms with Gasteiger partial charge in [0.15, 0.2) is 29.5 Å². The van der Waals surface area contributed by atoms with E-state index in [4.69, 9.17) is 19.7 Å². The quantitative estimate of drug-likeness (QED) is 0.284. The molecule has 176 valence electrons. The van der Waals surface area contributed by atoms with Crippen LogP contribution in [0.5, 0.6) is 5.75 Å². The Hall–Kier alpha value is -5.03. The smallest absolute Gasteiger partial charge is 0.196 e. The standard InChI is InChI=1S/C32H22N4O/c1-4-10-22(11-5-1)29-34-30(23-12-6-2-7-13-23)36-31(35-29)25-17-16-21-18-19-27-28(26(21)20-25)37-32(33-27)24-14-8-3-9-15-24/h1-20,32-33H. The van der Waals surface area contributed by atoms with Gasteiger partial charge in [-0.25, -0.2) is 15.0 Å². The van der Waals surface area contributed by atoms with Gasteiger partial charge in [-0.05, 0) is 17.5 Å². The number of nitrogens with zero attached hydrogens (tertiary/aromatic N) is 3. The van der Waals surface area contributed by atoms with Crippen LogP contribution in [0.25, 0.3) is 44.9 Å². The molecule has 0 aliphatic carbocycles. The highest BCUT2D eigenvalue weighted by molar-refractivity contribution is 5.96. The van der Waals surface area contributed by atoms with Crippen LogP contribution in [0.1, 0.15) is 11.8 Å². The van der Waals surface area contributed by atoms with Crippen molar-refractivity contribution in [1.82, 2.24) is 15.0 Å². The minimum Gasteiger partial charge on any atom is -0.464 e. The molecule has 5 heteroatoms. The maximum absolute atomic E-state index is 6.42. The van der Waals surface area contributed by atoms with Crippen LogP contribution < -0.4 is 10.1 Å². The molecule has 5 aromatic carbocycles. The normalized spacial score (nSPS) is 14.1. The average molecular weight is 479 g/mol. The van der Waals surface area contributed by atoms with E-state index in [1.54, 1.807) is 0 Å². The number of anilines is 1. The summed E-state index contributed by atoms with van der Waals surface area (Å²) in [5.41, 5.74) is 4.86. The first-order valence-corrected chi connectivity index (χ1v) is 12.2. The molecule has 0 spiro atoms. The Balaban J connectivity index is 1.36. The molecule has 7 rings (SSSR count). The van der Waals surface area contributed by atoms with E-state index in [-0.39, 0.29) is 6.23 Å². The van der Waals surface area contributed by atoms with Crippen molar-refractivity contribution in [1.29, 1.82) is 0 Å². The highest BCUT2D eigenvalue weighted by atomic mass is 16.5. The molecule has 1 aliphatic heterocycles. The molecule has 1 N–H and O–H groups in total. The molecule has 6 aromatic rings. The van der Waals surface area contributed by atoms with Gasteiger partial charge in [-0.2, -0.15) is 0 Å². The Morgan fingerprint density at radius 3 is 1.70 bits per heavy atom. The second kappa shape index (κ2) is 8.88. The largest absolute Gasteiger partial charge is 0.464 e. The Morgan fingerprint density at radius 1 is 0.541 bits per heavy atom. The Labute approximate surface area is 214 Å². The monoisotopic (exact) mass is 478 g/mol. The fourth-order valence-corrected chi connectivity index (χ4v) is 4.68. The van der Waals surface area contributed by atoms with Gasteiger partial charge in [0, 0.05) is 27.6 Å². The van der Waals surface area contributed by atoms with Crippen LogP contribution in [0.15, 0.2) is 121 Å². The lowest BCUT2D eigenvalue weighted by atomic mass is 10.0. The zero-order valence-corrected chi connectivity index (χ0v) is 19.9. The Bertz CT molecular complexity index is 1660. The number of rotatable bonds is 4. The van der Waals surface area contributed by atoms with Crippen LogP contribution in [-0.2, 0) is 0 Å². The van der Waals surface area contributed by atoms with Gasteiger partial charge in [0.1, 0.15) is 0 Å². The summed E-state index contributed by atoms with van der Waals surface area (Å²) in [7, 11) is 0. The molecule has 0 saturated carbocycles. The Morgan fingerprint density at radius 2 is 1.08 bits per heavy atom. The van der Waals surface area contributed by atoms with Gasteiger partial charge in [-0.1, -0.05) is 109 Å². The molecule has 0 fully saturated rings. The van der Waals surface area contributed by atoms with Crippen LogP contribution in [0.3, 0.4) is 0 Å². The summed E-state index contributed by atoms with van der Waals surface area (Å²) in [6, 6.07) is 40.7. The molecule has 0 bridgehead atoms. The van der Waals surface area contributed by atoms with E-state index < -0.39 is 0 Å². The van der Waals surface area contributed by atoms with E-state index in [1.807, 2.05) is 78.9 Å². The third-order valence-corrected chi connectivity index (χ3v) is 6.55. The first-order chi connectivity index (χ1) is 18.3. The predicted molar refractivity (Wildman–Crippen MR) is 147 cm³/mol. The van der Waals surface area contributed by atoms with Crippen LogP contribution in [0, 0.1) is 0 Å². The van der Waals surface area contributed by atoms with E-state index in [0.717, 1.165) is 44.5 Å². The molecule has 37 heavy (non-hydrogen) atoms. The molecule has 1 aliphatic rings. The summed E-state index contributed by atoms with van der Waals surface area (Å²) < 4.78 is 6.42. The first-order valence-electron chi connectivity index (χ1n) is 12.2. The van der Waals surface area contributed by atoms with E-state index >= 15 is 0 Å². The molecule has 0 saturated heterocycles. The van der Waals surface area contributed by atoms with E-state index in [1.165, 1.54) is 0 Å². The third-order valence-electron chi connectivity index (χ3n) is 6.55. The number of hydrogen-bond donors (Lipinski definition) is 1. The van der Waals surface area contributed by atoms with Crippen LogP contribution in [0.2, 0.25) is 0 Å². The summed E-state index contributed by atoms with van der Waals surface area (Å²) in [6.07, 6.45) is -0.225. The minimum atomic E-state index is -0.225. The van der Waals surface area contributed by atoms with Crippen molar-refractivity contribution in [2.24, 2.45) is 0 Å². The zero-order valence-electron chi connectivity index (χ0n) is 19.9. The van der Waals surface area contributed by atoms with Crippen LogP contribution >= 0.6 is 0 Å². The van der Waals surface area contributed by atoms with Crippen molar-refractivity contribution in [3.63, 3.8) is 0 Å². The lowest BCUT2D eigenvalue weighted by molar-refractivity contribution is 0.262. The van der Waals surface area contributed by atoms with Gasteiger partial charge in [0.05, 0.1) is 5.69 Å². The molecule has 1 atom stereocenters. The van der Waals surface area contributed by atoms with Crippen LogP contribution in [-0.4, -0.2) is 15.0 Å². The summed E-state index contributed by atoms with van der Waals surface area (Å²) in [6.45, 7) is 0. The number of ether oxygens (including phenoxy) is 1. The number of aromatic nitrogens is 3. The number of fused-ring (bicyclic) bond motifs is 3. The topological polar surface area (TPSA) is 59.9 Å². The van der Waals surface area contributed by atoms with Gasteiger partial charge >= 0.3 is 0 Å². The summed E-state index contributed by atoms with van der Waals surface area (Å²) in [5.74, 6) is 2.75. The molecule has 0 amide bonds. The van der Waals surface area contributed by atoms with Crippen molar-refractivity contribution in [2.75, 3.05) is 5.32 Å². The fourth-order valence-electron chi connectivity index (χ4n) is 4.68. The van der Waals surface area contributed by atoms with Gasteiger partial charge in [-0.15, -0.1) is 0 Å². The predicted octanol–water partition coefficient (Wildman–Crippen LogP) is 7.53. The van der Waals surface area contributed by atoms with Crippen molar-refractivity contribution >= 4 is 16.5 Å². The molecule has 1 aromatic heterocycles. The van der Waals surface area contributed by atoms with E-state index in [0.29, 0.717) is 17.5 Å². The van der Waals surface area contributed by atoms with Gasteiger partial charge in [0.2, 0.25) is 0 Å². The van der Waals surface area contributed by atoms with Crippen molar-refractivity contribution in [3.8, 4) is 39.9 Å². The summed E-state index contributed by atoms with van der Waals surface area (Å²) in [4.78, 5) is 14.6. The summed E-state index contributed by atoms with van der Waals surface area (Å²) in [5, 5.41) is 5.61. The second-order valence-electron chi connectivity index (χ2n) is 8.97. The first kappa shape index (κ1) is 21.3. The molecule has 1 unspecified atom stereocenters. The Kier molecular flexibility index (Phi) is 5.10. The van der Waals surface area contributed by atoms with Crippen molar-refractivity contribution < 1.29 is 4.74 Å². The number of hydrogen-bond acceptors (Lipinski definition) is 5. The van der Waals surface area contributed by atoms with Crippen LogP contribution in [0.4, 0.5) is 5.69 Å². The molecule has 5 nitrogen and oxygen atoms in total. The average Bonchev–Trinajstić information content (AvgIpc) is 3.43. The molecule has 0 radical (unpaired) electrons. The van der Waals surface area contributed by atoms with Crippen molar-refractivity contribution in [2.45, 2.75) is 6.23 Å². The lowest BCUT2D eigenvalue weighted by Crippen LogP contribution is -2.09. The molecular weight excluding hydrogens is 456 g/mol. The van der Waals surface area contributed by atoms with Crippen molar-refractivity contribution in [3.05, 3.63) is 127 Å². The van der Waals surface area contributed by atoms with Gasteiger partial charge < -0.3 is 10.1 Å². The molecule has 2 heterocycles. The van der Waals surface area contributed by atoms with Gasteiger partial charge in [-0.3, -0.25) is 0 Å².